The van der Waals surface area contributed by atoms with Crippen LogP contribution in [0, 0.1) is 12.3 Å². The molecule has 6 rings (SSSR count). The first-order chi connectivity index (χ1) is 13.5. The van der Waals surface area contributed by atoms with E-state index in [0.29, 0.717) is 0 Å². The summed E-state index contributed by atoms with van der Waals surface area (Å²) >= 11 is 0. The van der Waals surface area contributed by atoms with E-state index in [4.69, 9.17) is 9.97 Å². The van der Waals surface area contributed by atoms with Crippen molar-refractivity contribution in [3.05, 3.63) is 84.2 Å². The van der Waals surface area contributed by atoms with Gasteiger partial charge in [-0.15, -0.1) is 0 Å². The summed E-state index contributed by atoms with van der Waals surface area (Å²) in [6.45, 7) is 11.4. The van der Waals surface area contributed by atoms with Gasteiger partial charge < -0.3 is 9.80 Å². The zero-order valence-electron chi connectivity index (χ0n) is 16.3. The molecule has 0 amide bonds. The molecule has 3 heterocycles. The molecule has 2 aliphatic heterocycles. The number of rotatable bonds is 1. The average Bonchev–Trinajstić information content (AvgIpc) is 3.02. The van der Waals surface area contributed by atoms with Crippen LogP contribution < -0.4 is 9.80 Å². The number of fused-ring (bicyclic) bond motifs is 8. The molecular weight excluding hydrogens is 344 g/mol. The summed E-state index contributed by atoms with van der Waals surface area (Å²) in [5.41, 5.74) is 6.10. The van der Waals surface area contributed by atoms with Crippen molar-refractivity contribution < 1.29 is 0 Å². The van der Waals surface area contributed by atoms with Crippen molar-refractivity contribution in [2.75, 3.05) is 9.80 Å². The maximum Gasteiger partial charge on any atom is 0.178 e. The zero-order chi connectivity index (χ0) is 19.3. The Labute approximate surface area is 165 Å². The Morgan fingerprint density at radius 2 is 1.43 bits per heavy atom. The highest BCUT2D eigenvalue weighted by Crippen LogP contribution is 2.77. The minimum Gasteiger partial charge on any atom is -0.301 e. The molecule has 28 heavy (non-hydrogen) atoms. The summed E-state index contributed by atoms with van der Waals surface area (Å²) in [7, 11) is 0. The highest BCUT2D eigenvalue weighted by atomic mass is 15.5. The fraction of sp³-hybridized carbons (Fsp3) is 0.250. The molecule has 138 valence electrons. The summed E-state index contributed by atoms with van der Waals surface area (Å²) < 4.78 is 0. The number of hydrogen-bond donors (Lipinski definition) is 0. The van der Waals surface area contributed by atoms with Gasteiger partial charge in [0, 0.05) is 34.6 Å². The van der Waals surface area contributed by atoms with E-state index >= 15 is 0 Å². The minimum atomic E-state index is -0.0913. The lowest BCUT2D eigenvalue weighted by molar-refractivity contribution is 0.376. The zero-order valence-corrected chi connectivity index (χ0v) is 16.3. The van der Waals surface area contributed by atoms with Gasteiger partial charge in [-0.05, 0) is 30.2 Å². The molecule has 1 aromatic heterocycles. The number of nitrogens with zero attached hydrogens (tertiary/aromatic N) is 4. The Balaban J connectivity index is 1.70. The van der Waals surface area contributed by atoms with Crippen LogP contribution in [0.3, 0.4) is 0 Å². The molecule has 0 saturated heterocycles. The second-order valence-corrected chi connectivity index (χ2v) is 8.43. The van der Waals surface area contributed by atoms with Crippen molar-refractivity contribution >= 4 is 23.0 Å². The Morgan fingerprint density at radius 3 is 2.11 bits per heavy atom. The smallest absolute Gasteiger partial charge is 0.178 e. The molecule has 0 spiro atoms. The Hall–Kier alpha value is -3.14. The van der Waals surface area contributed by atoms with Crippen molar-refractivity contribution in [1.82, 2.24) is 9.97 Å². The van der Waals surface area contributed by atoms with E-state index in [9.17, 15) is 0 Å². The average molecular weight is 366 g/mol. The van der Waals surface area contributed by atoms with Gasteiger partial charge in [0.25, 0.3) is 0 Å². The molecule has 2 aromatic carbocycles. The number of aryl methyl sites for hydroxylation is 1. The monoisotopic (exact) mass is 366 g/mol. The molecule has 4 nitrogen and oxygen atoms in total. The largest absolute Gasteiger partial charge is 0.301 e. The van der Waals surface area contributed by atoms with E-state index in [-0.39, 0.29) is 17.0 Å². The van der Waals surface area contributed by atoms with E-state index in [0.717, 1.165) is 11.6 Å². The first kappa shape index (κ1) is 15.9. The van der Waals surface area contributed by atoms with Gasteiger partial charge in [-0.25, -0.2) is 9.97 Å². The van der Waals surface area contributed by atoms with Crippen LogP contribution in [-0.2, 0) is 5.41 Å². The maximum atomic E-state index is 4.78. The molecule has 3 atom stereocenters. The van der Waals surface area contributed by atoms with Crippen LogP contribution in [0.5, 0.6) is 0 Å². The third-order valence-electron chi connectivity index (χ3n) is 7.41. The molecule has 0 N–H and O–H groups in total. The van der Waals surface area contributed by atoms with Crippen LogP contribution in [-0.4, -0.2) is 16.1 Å². The first-order valence-electron chi connectivity index (χ1n) is 9.75. The molecule has 4 heteroatoms. The summed E-state index contributed by atoms with van der Waals surface area (Å²) in [6, 6.07) is 17.2. The minimum absolute atomic E-state index is 0.0479. The number of hydrogen-bond acceptors (Lipinski definition) is 4. The Morgan fingerprint density at radius 1 is 0.857 bits per heavy atom. The molecule has 0 radical (unpaired) electrons. The summed E-state index contributed by atoms with van der Waals surface area (Å²) in [6.07, 6.45) is 3.65. The Kier molecular flexibility index (Phi) is 2.73. The van der Waals surface area contributed by atoms with Crippen molar-refractivity contribution in [1.29, 1.82) is 0 Å². The van der Waals surface area contributed by atoms with Crippen LogP contribution in [0.25, 0.3) is 0 Å². The fourth-order valence-corrected chi connectivity index (χ4v) is 5.62. The second-order valence-electron chi connectivity index (χ2n) is 8.43. The van der Waals surface area contributed by atoms with Gasteiger partial charge >= 0.3 is 0 Å². The number of para-hydroxylation sites is 2. The molecule has 3 aliphatic rings. The first-order valence-corrected chi connectivity index (χ1v) is 9.75. The highest BCUT2D eigenvalue weighted by Gasteiger charge is 2.76. The van der Waals surface area contributed by atoms with Crippen molar-refractivity contribution in [2.45, 2.75) is 32.4 Å². The van der Waals surface area contributed by atoms with Crippen LogP contribution in [0.4, 0.5) is 23.0 Å². The third-order valence-corrected chi connectivity index (χ3v) is 7.41. The molecule has 1 saturated carbocycles. The van der Waals surface area contributed by atoms with Crippen LogP contribution in [0.1, 0.15) is 25.0 Å². The van der Waals surface area contributed by atoms with Crippen LogP contribution >= 0.6 is 0 Å². The maximum absolute atomic E-state index is 4.78. The van der Waals surface area contributed by atoms with E-state index in [1.54, 1.807) is 12.4 Å². The van der Waals surface area contributed by atoms with E-state index < -0.39 is 0 Å². The summed E-state index contributed by atoms with van der Waals surface area (Å²) in [5, 5.41) is 0. The van der Waals surface area contributed by atoms with Gasteiger partial charge in [-0.2, -0.15) is 0 Å². The van der Waals surface area contributed by atoms with Gasteiger partial charge in [-0.1, -0.05) is 62.4 Å². The SMILES string of the molecule is C=C1C2(C)c3ccccc3N3c4nccnc4N(c4ccccc4C)C3C12C. The number of aromatic nitrogens is 2. The number of anilines is 4. The predicted octanol–water partition coefficient (Wildman–Crippen LogP) is 5.25. The van der Waals surface area contributed by atoms with Crippen LogP contribution in [0.15, 0.2) is 73.1 Å². The Bertz CT molecular complexity index is 1170. The van der Waals surface area contributed by atoms with Crippen molar-refractivity contribution in [3.63, 3.8) is 0 Å². The molecular formula is C24H22N4. The number of benzene rings is 2. The normalized spacial score (nSPS) is 29.1. The molecule has 3 unspecified atom stereocenters. The quantitative estimate of drug-likeness (QED) is 0.551. The lowest BCUT2D eigenvalue weighted by Crippen LogP contribution is -2.50. The summed E-state index contributed by atoms with van der Waals surface area (Å²) in [4.78, 5) is 14.3. The van der Waals surface area contributed by atoms with E-state index in [1.807, 2.05) is 0 Å². The van der Waals surface area contributed by atoms with Crippen molar-refractivity contribution in [2.24, 2.45) is 5.41 Å². The molecule has 0 bridgehead atoms. The molecule has 1 aliphatic carbocycles. The summed E-state index contributed by atoms with van der Waals surface area (Å²) in [5.74, 6) is 1.84. The van der Waals surface area contributed by atoms with Crippen molar-refractivity contribution in [3.8, 4) is 0 Å². The molecule has 1 fully saturated rings. The topological polar surface area (TPSA) is 32.3 Å². The van der Waals surface area contributed by atoms with Gasteiger partial charge in [-0.3, -0.25) is 0 Å². The standard InChI is InChI=1S/C24H22N4/c1-15-9-5-7-11-18(15)27-20-21(26-14-13-25-20)28-19-12-8-6-10-17(19)23(3)16(2)24(23,4)22(27)28/h5-14,22H,2H2,1,3-4H3. The highest BCUT2D eigenvalue weighted by molar-refractivity contribution is 5.90. The van der Waals surface area contributed by atoms with Gasteiger partial charge in [0.1, 0.15) is 6.17 Å². The lowest BCUT2D eigenvalue weighted by Gasteiger charge is -2.43. The van der Waals surface area contributed by atoms with Gasteiger partial charge in [0.15, 0.2) is 11.6 Å². The third kappa shape index (κ3) is 1.52. The predicted molar refractivity (Wildman–Crippen MR) is 112 cm³/mol. The van der Waals surface area contributed by atoms with Crippen LogP contribution in [0.2, 0.25) is 0 Å². The lowest BCUT2D eigenvalue weighted by atomic mass is 9.81. The van der Waals surface area contributed by atoms with Gasteiger partial charge in [0.05, 0.1) is 0 Å². The molecule has 3 aromatic rings. The van der Waals surface area contributed by atoms with E-state index in [2.05, 4.69) is 85.7 Å². The fourth-order valence-electron chi connectivity index (χ4n) is 5.62. The van der Waals surface area contributed by atoms with Gasteiger partial charge in [0.2, 0.25) is 0 Å². The second kappa shape index (κ2) is 4.82. The van der Waals surface area contributed by atoms with E-state index in [1.165, 1.54) is 28.1 Å².